The summed E-state index contributed by atoms with van der Waals surface area (Å²) in [6, 6.07) is 20.7. The van der Waals surface area contributed by atoms with Crippen LogP contribution in [0.3, 0.4) is 0 Å². The van der Waals surface area contributed by atoms with E-state index in [0.717, 1.165) is 34.8 Å². The number of aromatic amines is 1. The molecule has 326 valence electrons. The number of aromatic nitrogens is 2. The molecule has 0 saturated heterocycles. The van der Waals surface area contributed by atoms with Crippen LogP contribution in [-0.4, -0.2) is 66.4 Å². The Hall–Kier alpha value is -1.75. The number of nitriles is 2. The summed E-state index contributed by atoms with van der Waals surface area (Å²) in [6.45, 7) is 41.6. The van der Waals surface area contributed by atoms with Crippen molar-refractivity contribution in [2.24, 2.45) is 0 Å². The van der Waals surface area contributed by atoms with E-state index in [2.05, 4.69) is 161 Å². The Balaban J connectivity index is 0. The summed E-state index contributed by atoms with van der Waals surface area (Å²) in [5.74, 6) is 0.501. The van der Waals surface area contributed by atoms with Crippen molar-refractivity contribution in [3.05, 3.63) is 71.0 Å². The number of nitrogens with zero attached hydrogens (tertiary/aromatic N) is 3. The van der Waals surface area contributed by atoms with Crippen molar-refractivity contribution in [2.75, 3.05) is 19.6 Å². The van der Waals surface area contributed by atoms with E-state index in [1.807, 2.05) is 31.2 Å². The van der Waals surface area contributed by atoms with Crippen LogP contribution in [0.1, 0.15) is 101 Å². The van der Waals surface area contributed by atoms with E-state index in [1.54, 1.807) is 0 Å². The number of aryl methyl sites for hydroxylation is 2. The molecule has 0 unspecified atom stereocenters. The monoisotopic (exact) mass is 895 g/mol. The van der Waals surface area contributed by atoms with Crippen LogP contribution in [0.5, 0.6) is 0 Å². The second-order valence-electron chi connectivity index (χ2n) is 19.8. The molecule has 0 bridgehead atoms. The smallest absolute Gasteiger partial charge is 1.00 e. The molecule has 0 radical (unpaired) electrons. The molecule has 2 atom stereocenters. The number of H-pyrrole nitrogens is 1. The third-order valence-electron chi connectivity index (χ3n) is 12.1. The number of rotatable bonds is 11. The summed E-state index contributed by atoms with van der Waals surface area (Å²) >= 11 is 6.10. The maximum Gasteiger partial charge on any atom is 1.00 e. The predicted octanol–water partition coefficient (Wildman–Crippen LogP) is 11.3. The van der Waals surface area contributed by atoms with E-state index in [4.69, 9.17) is 31.5 Å². The standard InChI is InChI=1S/C20H30N2OSi.C15H35ClO2Si2.C10H8N2.CH3F.Na.H/c1-8-18(23-24(6,7)20(3,4)5)14-22-17(13-21)12-16-11-15(2)9-10-19(16)22;1-14(2,3)19(7,8)17-12-13(11-16)18-20(9,10)15(4,5)6;1-7-2-3-10-8(4-7)5-9(6-11)12-10;1-2;;/h9-12,18H,8,14H2,1-7H3;13H,11-12H2,1-10H3;2-5,12H,1H3;1H3;;/q;;;;+1;-1/t18-;13-;;;;/m10..../s1/i;;;1D;;. The maximum atomic E-state index is 9.96. The third kappa shape index (κ3) is 16.8. The molecule has 13 heteroatoms. The van der Waals surface area contributed by atoms with Gasteiger partial charge in [-0.1, -0.05) is 92.5 Å². The predicted molar refractivity (Wildman–Crippen MR) is 256 cm³/mol. The largest absolute Gasteiger partial charge is 1.00 e. The molecule has 2 aromatic carbocycles. The molecule has 59 heavy (non-hydrogen) atoms. The van der Waals surface area contributed by atoms with E-state index in [9.17, 15) is 9.65 Å². The van der Waals surface area contributed by atoms with Gasteiger partial charge in [-0.2, -0.15) is 10.5 Å². The Kier molecular flexibility index (Phi) is 22.1. The van der Waals surface area contributed by atoms with Gasteiger partial charge in [0, 0.05) is 34.2 Å². The zero-order valence-electron chi connectivity index (χ0n) is 42.1. The maximum absolute atomic E-state index is 9.96. The van der Waals surface area contributed by atoms with E-state index in [1.165, 1.54) is 11.1 Å². The molecule has 7 nitrogen and oxygen atoms in total. The molecule has 4 rings (SSSR count). The quantitative estimate of drug-likeness (QED) is 0.119. The summed E-state index contributed by atoms with van der Waals surface area (Å²) in [5.41, 5.74) is 5.91. The zero-order chi connectivity index (χ0) is 45.8. The first-order valence-corrected chi connectivity index (χ1v) is 29.6. The van der Waals surface area contributed by atoms with Crippen LogP contribution in [0.2, 0.25) is 54.4 Å². The Morgan fingerprint density at radius 3 is 1.69 bits per heavy atom. The molecular weight excluding hydrogens is 818 g/mol. The van der Waals surface area contributed by atoms with Crippen molar-refractivity contribution in [3.63, 3.8) is 0 Å². The van der Waals surface area contributed by atoms with Gasteiger partial charge >= 0.3 is 29.6 Å². The Morgan fingerprint density at radius 1 is 0.780 bits per heavy atom. The molecule has 2 heterocycles. The van der Waals surface area contributed by atoms with Gasteiger partial charge < -0.3 is 24.3 Å². The van der Waals surface area contributed by atoms with Gasteiger partial charge in [-0.15, -0.1) is 11.6 Å². The number of benzene rings is 2. The number of hydrogen-bond acceptors (Lipinski definition) is 5. The van der Waals surface area contributed by atoms with E-state index in [-0.39, 0.29) is 58.3 Å². The summed E-state index contributed by atoms with van der Waals surface area (Å²) in [7, 11) is -6.33. The van der Waals surface area contributed by atoms with E-state index < -0.39 is 32.1 Å². The van der Waals surface area contributed by atoms with Crippen LogP contribution >= 0.6 is 11.6 Å². The van der Waals surface area contributed by atoms with Crippen molar-refractivity contribution in [3.8, 4) is 12.1 Å². The van der Waals surface area contributed by atoms with Crippen LogP contribution in [0, 0.1) is 36.5 Å². The molecule has 0 spiro atoms. The average molecular weight is 897 g/mol. The molecule has 0 aliphatic carbocycles. The minimum Gasteiger partial charge on any atom is -1.00 e. The average Bonchev–Trinajstić information content (AvgIpc) is 3.68. The molecule has 0 aliphatic rings. The van der Waals surface area contributed by atoms with Gasteiger partial charge in [0.2, 0.25) is 0 Å². The van der Waals surface area contributed by atoms with Gasteiger partial charge in [-0.05, 0) is 111 Å². The normalized spacial score (nSPS) is 13.6. The van der Waals surface area contributed by atoms with Gasteiger partial charge in [-0.3, -0.25) is 4.39 Å². The van der Waals surface area contributed by atoms with Gasteiger partial charge in [0.05, 0.1) is 27.3 Å². The number of nitrogens with one attached hydrogen (secondary N) is 1. The third-order valence-corrected chi connectivity index (χ3v) is 26.0. The number of fused-ring (bicyclic) bond motifs is 2. The second kappa shape index (κ2) is 23.6. The van der Waals surface area contributed by atoms with Gasteiger partial charge in [0.1, 0.15) is 23.5 Å². The number of halogens is 2. The summed E-state index contributed by atoms with van der Waals surface area (Å²) in [5, 5.41) is 21.0. The fraction of sp³-hybridized carbons (Fsp3) is 0.609. The second-order valence-corrected chi connectivity index (χ2v) is 34.5. The molecule has 0 saturated carbocycles. The number of alkyl halides is 2. The fourth-order valence-corrected chi connectivity index (χ4v) is 9.32. The fourth-order valence-electron chi connectivity index (χ4n) is 5.26. The number of hydrogen-bond donors (Lipinski definition) is 1. The molecule has 0 fully saturated rings. The molecule has 1 N–H and O–H groups in total. The van der Waals surface area contributed by atoms with Gasteiger partial charge in [-0.25, -0.2) is 0 Å². The van der Waals surface area contributed by atoms with Crippen molar-refractivity contribution in [1.82, 2.24) is 9.55 Å². The topological polar surface area (TPSA) is 96.0 Å². The summed E-state index contributed by atoms with van der Waals surface area (Å²) < 4.78 is 36.8. The molecule has 0 aliphatic heterocycles. The van der Waals surface area contributed by atoms with Crippen LogP contribution in [0.25, 0.3) is 21.8 Å². The molecule has 0 amide bonds. The van der Waals surface area contributed by atoms with Crippen LogP contribution in [-0.2, 0) is 19.8 Å². The van der Waals surface area contributed by atoms with Crippen molar-refractivity contribution < 1.29 is 50.0 Å². The van der Waals surface area contributed by atoms with Crippen molar-refractivity contribution >= 4 is 58.4 Å². The Morgan fingerprint density at radius 2 is 1.25 bits per heavy atom. The van der Waals surface area contributed by atoms with E-state index in [0.29, 0.717) is 23.9 Å². The van der Waals surface area contributed by atoms with Gasteiger partial charge in [0.15, 0.2) is 25.0 Å². The van der Waals surface area contributed by atoms with Crippen molar-refractivity contribution in [2.45, 2.75) is 163 Å². The van der Waals surface area contributed by atoms with Crippen LogP contribution in [0.4, 0.5) is 4.39 Å². The van der Waals surface area contributed by atoms with Crippen molar-refractivity contribution in [1.29, 1.82) is 10.5 Å². The first-order valence-electron chi connectivity index (χ1n) is 21.0. The summed E-state index contributed by atoms with van der Waals surface area (Å²) in [6.07, 6.45) is 1.09. The van der Waals surface area contributed by atoms with Gasteiger partial charge in [0.25, 0.3) is 0 Å². The molecule has 2 aromatic heterocycles. The minimum absolute atomic E-state index is 0. The minimum atomic E-state index is -1.82. The zero-order valence-corrected chi connectivity index (χ0v) is 45.9. The molecule has 4 aromatic rings. The Bertz CT molecular complexity index is 2010. The Labute approximate surface area is 391 Å². The molecular formula is C46H77ClFN4NaO3Si3. The van der Waals surface area contributed by atoms with Crippen LogP contribution < -0.4 is 29.6 Å². The summed E-state index contributed by atoms with van der Waals surface area (Å²) in [4.78, 5) is 3.01. The first-order chi connectivity index (χ1) is 26.9. The van der Waals surface area contributed by atoms with Crippen LogP contribution in [0.15, 0.2) is 48.5 Å². The first kappa shape index (κ1) is 55.3. The van der Waals surface area contributed by atoms with E-state index >= 15 is 0 Å². The SMILES string of the molecule is CC(C)(C)[Si](C)(C)OC[C@H](CCl)O[Si](C)(C)C(C)(C)C.CC[C@H](Cn1c(C#N)cc2cc(C)ccc21)O[Si](C)(C)C(C)(C)C.Cc1ccc2[nH]c(C#N)cc2c1.[2H]CF.[H-].[Na+].